The Morgan fingerprint density at radius 3 is 2.61 bits per heavy atom. The molecule has 0 saturated carbocycles. The minimum atomic E-state index is 0.362. The van der Waals surface area contributed by atoms with Crippen molar-refractivity contribution in [3.05, 3.63) is 57.5 Å². The lowest BCUT2D eigenvalue weighted by atomic mass is 10.1. The van der Waals surface area contributed by atoms with Gasteiger partial charge < -0.3 is 11.1 Å². The Balaban J connectivity index is 2.34. The standard InChI is InChI=1S/C13H10BrClN2S/c14-10-6-5-8(7-11(10)15)17-12-4-2-1-3-9(12)13(16)18/h1-7,17H,(H2,16,18). The molecule has 0 heterocycles. The number of hydrogen-bond acceptors (Lipinski definition) is 2. The van der Waals surface area contributed by atoms with Crippen molar-refractivity contribution >= 4 is 56.1 Å². The normalized spacial score (nSPS) is 10.1. The zero-order valence-electron chi connectivity index (χ0n) is 9.28. The quantitative estimate of drug-likeness (QED) is 0.808. The molecule has 92 valence electrons. The summed E-state index contributed by atoms with van der Waals surface area (Å²) in [5, 5.41) is 3.90. The summed E-state index contributed by atoms with van der Waals surface area (Å²) in [5.41, 5.74) is 8.24. The highest BCUT2D eigenvalue weighted by atomic mass is 79.9. The summed E-state index contributed by atoms with van der Waals surface area (Å²) in [6.45, 7) is 0. The molecular formula is C13H10BrClN2S. The van der Waals surface area contributed by atoms with E-state index < -0.39 is 0 Å². The Labute approximate surface area is 124 Å². The summed E-state index contributed by atoms with van der Waals surface area (Å²) in [4.78, 5) is 0.362. The number of para-hydroxylation sites is 1. The van der Waals surface area contributed by atoms with E-state index in [1.807, 2.05) is 42.5 Å². The molecule has 0 unspecified atom stereocenters. The number of benzene rings is 2. The minimum Gasteiger partial charge on any atom is -0.389 e. The van der Waals surface area contributed by atoms with E-state index in [0.29, 0.717) is 10.0 Å². The van der Waals surface area contributed by atoms with Gasteiger partial charge in [-0.05, 0) is 46.3 Å². The third kappa shape index (κ3) is 3.02. The Morgan fingerprint density at radius 1 is 1.22 bits per heavy atom. The summed E-state index contributed by atoms with van der Waals surface area (Å²) in [5.74, 6) is 0. The largest absolute Gasteiger partial charge is 0.389 e. The summed E-state index contributed by atoms with van der Waals surface area (Å²) in [6.07, 6.45) is 0. The molecule has 0 fully saturated rings. The third-order valence-electron chi connectivity index (χ3n) is 2.39. The molecule has 0 aliphatic heterocycles. The van der Waals surface area contributed by atoms with Gasteiger partial charge in [-0.1, -0.05) is 36.0 Å². The van der Waals surface area contributed by atoms with Gasteiger partial charge in [-0.3, -0.25) is 0 Å². The lowest BCUT2D eigenvalue weighted by Crippen LogP contribution is -2.11. The summed E-state index contributed by atoms with van der Waals surface area (Å²) >= 11 is 14.4. The second-order valence-corrected chi connectivity index (χ2v) is 5.37. The van der Waals surface area contributed by atoms with E-state index in [9.17, 15) is 0 Å². The SMILES string of the molecule is NC(=S)c1ccccc1Nc1ccc(Br)c(Cl)c1. The van der Waals surface area contributed by atoms with Gasteiger partial charge >= 0.3 is 0 Å². The molecule has 0 aromatic heterocycles. The number of halogens is 2. The Bertz CT molecular complexity index is 601. The van der Waals surface area contributed by atoms with E-state index in [-0.39, 0.29) is 0 Å². The molecule has 0 amide bonds. The van der Waals surface area contributed by atoms with Crippen LogP contribution >= 0.6 is 39.7 Å². The second kappa shape index (κ2) is 5.69. The number of anilines is 2. The molecule has 0 spiro atoms. The molecule has 2 aromatic carbocycles. The molecule has 0 atom stereocenters. The van der Waals surface area contributed by atoms with Crippen molar-refractivity contribution in [2.45, 2.75) is 0 Å². The first-order chi connectivity index (χ1) is 8.58. The van der Waals surface area contributed by atoms with Gasteiger partial charge in [0.05, 0.1) is 5.02 Å². The number of nitrogens with one attached hydrogen (secondary N) is 1. The van der Waals surface area contributed by atoms with Crippen LogP contribution in [0.25, 0.3) is 0 Å². The maximum Gasteiger partial charge on any atom is 0.106 e. The lowest BCUT2D eigenvalue weighted by Gasteiger charge is -2.11. The van der Waals surface area contributed by atoms with Gasteiger partial charge in [0, 0.05) is 21.4 Å². The average Bonchev–Trinajstić information content (AvgIpc) is 2.34. The Kier molecular flexibility index (Phi) is 4.22. The predicted octanol–water partition coefficient (Wildman–Crippen LogP) is 4.48. The van der Waals surface area contributed by atoms with E-state index in [0.717, 1.165) is 21.4 Å². The van der Waals surface area contributed by atoms with E-state index in [1.54, 1.807) is 0 Å². The van der Waals surface area contributed by atoms with Gasteiger partial charge in [0.25, 0.3) is 0 Å². The van der Waals surface area contributed by atoms with E-state index >= 15 is 0 Å². The number of hydrogen-bond donors (Lipinski definition) is 2. The fraction of sp³-hybridized carbons (Fsp3) is 0. The molecule has 0 aliphatic rings. The molecule has 0 saturated heterocycles. The Hall–Kier alpha value is -1.10. The first-order valence-electron chi connectivity index (χ1n) is 5.19. The third-order valence-corrected chi connectivity index (χ3v) is 3.84. The summed E-state index contributed by atoms with van der Waals surface area (Å²) < 4.78 is 0.859. The van der Waals surface area contributed by atoms with Crippen molar-refractivity contribution in [1.82, 2.24) is 0 Å². The van der Waals surface area contributed by atoms with Gasteiger partial charge in [-0.15, -0.1) is 0 Å². The van der Waals surface area contributed by atoms with Crippen molar-refractivity contribution in [3.8, 4) is 0 Å². The molecule has 2 rings (SSSR count). The molecule has 3 N–H and O–H groups in total. The summed E-state index contributed by atoms with van der Waals surface area (Å²) in [7, 11) is 0. The number of thiocarbonyl (C=S) groups is 1. The Morgan fingerprint density at radius 2 is 1.94 bits per heavy atom. The van der Waals surface area contributed by atoms with Gasteiger partial charge in [0.2, 0.25) is 0 Å². The fourth-order valence-electron chi connectivity index (χ4n) is 1.54. The predicted molar refractivity (Wildman–Crippen MR) is 84.8 cm³/mol. The van der Waals surface area contributed by atoms with Crippen LogP contribution in [0.15, 0.2) is 46.9 Å². The van der Waals surface area contributed by atoms with E-state index in [1.165, 1.54) is 0 Å². The van der Waals surface area contributed by atoms with Crippen LogP contribution in [0.3, 0.4) is 0 Å². The van der Waals surface area contributed by atoms with Crippen molar-refractivity contribution in [1.29, 1.82) is 0 Å². The maximum atomic E-state index is 6.05. The van der Waals surface area contributed by atoms with E-state index in [4.69, 9.17) is 29.6 Å². The lowest BCUT2D eigenvalue weighted by molar-refractivity contribution is 1.51. The van der Waals surface area contributed by atoms with Crippen LogP contribution in [0, 0.1) is 0 Å². The van der Waals surface area contributed by atoms with Crippen molar-refractivity contribution in [2.24, 2.45) is 5.73 Å². The van der Waals surface area contributed by atoms with Crippen LogP contribution in [0.1, 0.15) is 5.56 Å². The highest BCUT2D eigenvalue weighted by molar-refractivity contribution is 9.10. The van der Waals surface area contributed by atoms with Crippen LogP contribution < -0.4 is 11.1 Å². The minimum absolute atomic E-state index is 0.362. The van der Waals surface area contributed by atoms with Crippen molar-refractivity contribution in [3.63, 3.8) is 0 Å². The zero-order valence-corrected chi connectivity index (χ0v) is 12.4. The van der Waals surface area contributed by atoms with Crippen molar-refractivity contribution in [2.75, 3.05) is 5.32 Å². The molecule has 0 aliphatic carbocycles. The molecular weight excluding hydrogens is 332 g/mol. The van der Waals surface area contributed by atoms with Crippen LogP contribution in [0.2, 0.25) is 5.02 Å². The molecule has 5 heteroatoms. The van der Waals surface area contributed by atoms with E-state index in [2.05, 4.69) is 21.2 Å². The van der Waals surface area contributed by atoms with Crippen LogP contribution in [0.5, 0.6) is 0 Å². The van der Waals surface area contributed by atoms with Gasteiger partial charge in [-0.25, -0.2) is 0 Å². The average molecular weight is 342 g/mol. The highest BCUT2D eigenvalue weighted by Gasteiger charge is 2.05. The van der Waals surface area contributed by atoms with Crippen LogP contribution in [-0.4, -0.2) is 4.99 Å². The number of rotatable bonds is 3. The molecule has 0 radical (unpaired) electrons. The highest BCUT2D eigenvalue weighted by Crippen LogP contribution is 2.28. The van der Waals surface area contributed by atoms with Gasteiger partial charge in [-0.2, -0.15) is 0 Å². The molecule has 18 heavy (non-hydrogen) atoms. The monoisotopic (exact) mass is 340 g/mol. The number of nitrogens with two attached hydrogens (primary N) is 1. The van der Waals surface area contributed by atoms with Crippen molar-refractivity contribution < 1.29 is 0 Å². The molecule has 2 aromatic rings. The van der Waals surface area contributed by atoms with Crippen LogP contribution in [-0.2, 0) is 0 Å². The topological polar surface area (TPSA) is 38.0 Å². The maximum absolute atomic E-state index is 6.05. The summed E-state index contributed by atoms with van der Waals surface area (Å²) in [6, 6.07) is 13.3. The van der Waals surface area contributed by atoms with Crippen LogP contribution in [0.4, 0.5) is 11.4 Å². The molecule has 0 bridgehead atoms. The van der Waals surface area contributed by atoms with Gasteiger partial charge in [0.15, 0.2) is 0 Å². The second-order valence-electron chi connectivity index (χ2n) is 3.66. The fourth-order valence-corrected chi connectivity index (χ4v) is 2.14. The van der Waals surface area contributed by atoms with Gasteiger partial charge in [0.1, 0.15) is 4.99 Å². The first kappa shape index (κ1) is 13.3. The molecule has 2 nitrogen and oxygen atoms in total. The zero-order chi connectivity index (χ0) is 13.1. The smallest absolute Gasteiger partial charge is 0.106 e. The first-order valence-corrected chi connectivity index (χ1v) is 6.77.